The summed E-state index contributed by atoms with van der Waals surface area (Å²) in [6, 6.07) is -0.714. The van der Waals surface area contributed by atoms with E-state index in [0.717, 1.165) is 0 Å². The molecule has 0 fully saturated rings. The summed E-state index contributed by atoms with van der Waals surface area (Å²) >= 11 is 1.20. The van der Waals surface area contributed by atoms with E-state index in [0.29, 0.717) is 11.6 Å². The fourth-order valence-corrected chi connectivity index (χ4v) is 2.06. The average Bonchev–Trinajstić information content (AvgIpc) is 2.86. The van der Waals surface area contributed by atoms with Gasteiger partial charge in [0.1, 0.15) is 5.01 Å². The maximum absolute atomic E-state index is 11.7. The number of ether oxygens (including phenoxy) is 1. The summed E-state index contributed by atoms with van der Waals surface area (Å²) in [7, 11) is 1.57. The number of carboxylic acids is 1. The van der Waals surface area contributed by atoms with Gasteiger partial charge < -0.3 is 20.5 Å². The number of nitrogens with one attached hydrogen (secondary N) is 2. The molecule has 0 radical (unpaired) electrons. The van der Waals surface area contributed by atoms with Crippen molar-refractivity contribution < 1.29 is 19.4 Å². The molecule has 20 heavy (non-hydrogen) atoms. The van der Waals surface area contributed by atoms with Crippen molar-refractivity contribution in [2.24, 2.45) is 0 Å². The highest BCUT2D eigenvalue weighted by Crippen LogP contribution is 2.17. The molecule has 1 aromatic heterocycles. The Bertz CT molecular complexity index is 487. The van der Waals surface area contributed by atoms with Gasteiger partial charge in [-0.05, 0) is 20.8 Å². The Morgan fingerprint density at radius 2 is 2.20 bits per heavy atom. The standard InChI is InChI=1S/C12H19N3O4S/c1-7(9-15-8(5-20-9)10(16)17)14-11(18)13-6-12(2,3)19-4/h5,7H,6H2,1-4H3,(H,16,17)(H2,13,14,18). The topological polar surface area (TPSA) is 101 Å². The van der Waals surface area contributed by atoms with Gasteiger partial charge in [0.15, 0.2) is 5.69 Å². The number of carboxylic acid groups (broad SMARTS) is 1. The lowest BCUT2D eigenvalue weighted by molar-refractivity contribution is 0.0253. The molecule has 0 aromatic carbocycles. The van der Waals surface area contributed by atoms with Crippen LogP contribution in [0.15, 0.2) is 5.38 Å². The normalized spacial score (nSPS) is 12.8. The first kappa shape index (κ1) is 16.4. The summed E-state index contributed by atoms with van der Waals surface area (Å²) in [6.45, 7) is 5.82. The van der Waals surface area contributed by atoms with E-state index >= 15 is 0 Å². The Morgan fingerprint density at radius 3 is 2.70 bits per heavy atom. The zero-order chi connectivity index (χ0) is 15.3. The fourth-order valence-electron chi connectivity index (χ4n) is 1.26. The third kappa shape index (κ3) is 4.78. The fraction of sp³-hybridized carbons (Fsp3) is 0.583. The monoisotopic (exact) mass is 301 g/mol. The van der Waals surface area contributed by atoms with Crippen molar-refractivity contribution in [3.63, 3.8) is 0 Å². The molecule has 112 valence electrons. The largest absolute Gasteiger partial charge is 0.476 e. The molecule has 3 N–H and O–H groups in total. The molecule has 0 bridgehead atoms. The van der Waals surface area contributed by atoms with Crippen LogP contribution < -0.4 is 10.6 Å². The van der Waals surface area contributed by atoms with Crippen LogP contribution in [-0.2, 0) is 4.74 Å². The Morgan fingerprint density at radius 1 is 1.55 bits per heavy atom. The Labute approximate surface area is 121 Å². The van der Waals surface area contributed by atoms with Gasteiger partial charge in [0, 0.05) is 19.0 Å². The third-order valence-corrected chi connectivity index (χ3v) is 3.71. The molecule has 1 atom stereocenters. The van der Waals surface area contributed by atoms with E-state index in [4.69, 9.17) is 9.84 Å². The maximum Gasteiger partial charge on any atom is 0.355 e. The van der Waals surface area contributed by atoms with Crippen LogP contribution in [0.25, 0.3) is 0 Å². The number of hydrogen-bond acceptors (Lipinski definition) is 5. The summed E-state index contributed by atoms with van der Waals surface area (Å²) in [5.74, 6) is -1.08. The minimum Gasteiger partial charge on any atom is -0.476 e. The molecule has 1 aromatic rings. The Kier molecular flexibility index (Phi) is 5.46. The number of aromatic nitrogens is 1. The molecular formula is C12H19N3O4S. The molecule has 0 aliphatic carbocycles. The van der Waals surface area contributed by atoms with Crippen molar-refractivity contribution >= 4 is 23.3 Å². The van der Waals surface area contributed by atoms with E-state index in [1.165, 1.54) is 16.7 Å². The van der Waals surface area contributed by atoms with Crippen molar-refractivity contribution in [3.8, 4) is 0 Å². The highest BCUT2D eigenvalue weighted by molar-refractivity contribution is 7.09. The first-order chi connectivity index (χ1) is 9.25. The molecular weight excluding hydrogens is 282 g/mol. The average molecular weight is 301 g/mol. The second-order valence-corrected chi connectivity index (χ2v) is 5.78. The molecule has 2 amide bonds. The van der Waals surface area contributed by atoms with Crippen molar-refractivity contribution in [2.45, 2.75) is 32.4 Å². The van der Waals surface area contributed by atoms with Gasteiger partial charge in [0.25, 0.3) is 0 Å². The minimum atomic E-state index is -1.08. The van der Waals surface area contributed by atoms with Crippen LogP contribution in [0, 0.1) is 0 Å². The summed E-state index contributed by atoms with van der Waals surface area (Å²) in [6.07, 6.45) is 0. The summed E-state index contributed by atoms with van der Waals surface area (Å²) in [4.78, 5) is 26.4. The molecule has 1 rings (SSSR count). The van der Waals surface area contributed by atoms with Crippen LogP contribution in [0.5, 0.6) is 0 Å². The van der Waals surface area contributed by atoms with Crippen LogP contribution >= 0.6 is 11.3 Å². The van der Waals surface area contributed by atoms with Crippen molar-refractivity contribution in [3.05, 3.63) is 16.1 Å². The lowest BCUT2D eigenvalue weighted by atomic mass is 10.1. The summed E-state index contributed by atoms with van der Waals surface area (Å²) in [5.41, 5.74) is -0.460. The number of methoxy groups -OCH3 is 1. The van der Waals surface area contributed by atoms with Crippen LogP contribution in [0.4, 0.5) is 4.79 Å². The number of urea groups is 1. The second-order valence-electron chi connectivity index (χ2n) is 4.89. The first-order valence-corrected chi connectivity index (χ1v) is 6.91. The van der Waals surface area contributed by atoms with Gasteiger partial charge in [0.2, 0.25) is 0 Å². The molecule has 1 unspecified atom stereocenters. The molecule has 0 aliphatic heterocycles. The number of carbonyl (C=O) groups is 2. The predicted molar refractivity (Wildman–Crippen MR) is 75.1 cm³/mol. The molecule has 1 heterocycles. The molecule has 0 saturated carbocycles. The number of nitrogens with zero attached hydrogens (tertiary/aromatic N) is 1. The quantitative estimate of drug-likeness (QED) is 0.741. The van der Waals surface area contributed by atoms with E-state index in [-0.39, 0.29) is 17.8 Å². The zero-order valence-corrected chi connectivity index (χ0v) is 12.7. The SMILES string of the molecule is COC(C)(C)CNC(=O)NC(C)c1nc(C(=O)O)cs1. The highest BCUT2D eigenvalue weighted by atomic mass is 32.1. The Hall–Kier alpha value is -1.67. The van der Waals surface area contributed by atoms with E-state index in [9.17, 15) is 9.59 Å². The van der Waals surface area contributed by atoms with Crippen LogP contribution in [0.1, 0.15) is 42.3 Å². The van der Waals surface area contributed by atoms with E-state index in [2.05, 4.69) is 15.6 Å². The van der Waals surface area contributed by atoms with Gasteiger partial charge in [-0.2, -0.15) is 0 Å². The summed E-state index contributed by atoms with van der Waals surface area (Å²) < 4.78 is 5.19. The second kappa shape index (κ2) is 6.67. The van der Waals surface area contributed by atoms with Crippen molar-refractivity contribution in [2.75, 3.05) is 13.7 Å². The molecule has 0 spiro atoms. The molecule has 0 saturated heterocycles. The molecule has 0 aliphatic rings. The number of rotatable bonds is 6. The Balaban J connectivity index is 2.50. The van der Waals surface area contributed by atoms with Gasteiger partial charge in [-0.25, -0.2) is 14.6 Å². The van der Waals surface area contributed by atoms with Crippen molar-refractivity contribution in [1.82, 2.24) is 15.6 Å². The number of hydrogen-bond donors (Lipinski definition) is 3. The molecule has 8 heteroatoms. The predicted octanol–water partition coefficient (Wildman–Crippen LogP) is 1.63. The number of amides is 2. The van der Waals surface area contributed by atoms with Crippen LogP contribution in [-0.4, -0.2) is 41.3 Å². The van der Waals surface area contributed by atoms with Gasteiger partial charge in [0.05, 0.1) is 11.6 Å². The maximum atomic E-state index is 11.7. The van der Waals surface area contributed by atoms with Crippen LogP contribution in [0.2, 0.25) is 0 Å². The van der Waals surface area contributed by atoms with Crippen LogP contribution in [0.3, 0.4) is 0 Å². The van der Waals surface area contributed by atoms with E-state index < -0.39 is 11.6 Å². The minimum absolute atomic E-state index is 0.0143. The van der Waals surface area contributed by atoms with Crippen molar-refractivity contribution in [1.29, 1.82) is 0 Å². The van der Waals surface area contributed by atoms with Gasteiger partial charge in [-0.1, -0.05) is 0 Å². The first-order valence-electron chi connectivity index (χ1n) is 6.03. The molecule has 7 nitrogen and oxygen atoms in total. The third-order valence-electron chi connectivity index (χ3n) is 2.69. The lowest BCUT2D eigenvalue weighted by Crippen LogP contribution is -2.44. The van der Waals surface area contributed by atoms with Gasteiger partial charge >= 0.3 is 12.0 Å². The summed E-state index contributed by atoms with van der Waals surface area (Å²) in [5, 5.41) is 16.2. The van der Waals surface area contributed by atoms with Gasteiger partial charge in [-0.15, -0.1) is 11.3 Å². The zero-order valence-electron chi connectivity index (χ0n) is 11.9. The lowest BCUT2D eigenvalue weighted by Gasteiger charge is -2.23. The van der Waals surface area contributed by atoms with E-state index in [1.807, 2.05) is 13.8 Å². The number of thiazole rings is 1. The smallest absolute Gasteiger partial charge is 0.355 e. The van der Waals surface area contributed by atoms with E-state index in [1.54, 1.807) is 14.0 Å². The highest BCUT2D eigenvalue weighted by Gasteiger charge is 2.19. The van der Waals surface area contributed by atoms with Gasteiger partial charge in [-0.3, -0.25) is 0 Å². The number of aromatic carboxylic acids is 1. The number of carbonyl (C=O) groups excluding carboxylic acids is 1.